The largest absolute Gasteiger partial charge is 0.487 e. The first-order valence-corrected chi connectivity index (χ1v) is 6.10. The molecule has 1 aromatic carbocycles. The van der Waals surface area contributed by atoms with Crippen molar-refractivity contribution < 1.29 is 19.0 Å². The maximum absolute atomic E-state index is 13.4. The molecule has 0 unspecified atom stereocenters. The third-order valence-corrected chi connectivity index (χ3v) is 2.78. The summed E-state index contributed by atoms with van der Waals surface area (Å²) < 4.78 is 19.6. The first kappa shape index (κ1) is 13.5. The van der Waals surface area contributed by atoms with Crippen LogP contribution in [0.25, 0.3) is 0 Å². The Kier molecular flexibility index (Phi) is 4.11. The highest BCUT2D eigenvalue weighted by atomic mass is 79.9. The molecular weight excluding hydrogens is 317 g/mol. The van der Waals surface area contributed by atoms with E-state index < -0.39 is 11.8 Å². The van der Waals surface area contributed by atoms with Gasteiger partial charge in [0.05, 0.1) is 11.8 Å². The molecule has 98 valence electrons. The van der Waals surface area contributed by atoms with E-state index in [1.165, 1.54) is 18.3 Å². The number of nitrogens with zero attached hydrogens (tertiary/aromatic N) is 1. The average molecular weight is 326 g/mol. The Bertz CT molecular complexity index is 619. The molecule has 4 nitrogen and oxygen atoms in total. The van der Waals surface area contributed by atoms with Crippen LogP contribution in [0.5, 0.6) is 5.75 Å². The lowest BCUT2D eigenvalue weighted by Gasteiger charge is -2.07. The molecule has 0 atom stereocenters. The zero-order chi connectivity index (χ0) is 13.8. The minimum absolute atomic E-state index is 0.134. The van der Waals surface area contributed by atoms with E-state index in [9.17, 15) is 9.18 Å². The first-order valence-electron chi connectivity index (χ1n) is 5.31. The molecule has 6 heteroatoms. The summed E-state index contributed by atoms with van der Waals surface area (Å²) in [5, 5.41) is 8.71. The second-order valence-corrected chi connectivity index (χ2v) is 4.66. The van der Waals surface area contributed by atoms with Gasteiger partial charge in [0.25, 0.3) is 0 Å². The number of carboxylic acids is 1. The number of aromatic nitrogens is 1. The van der Waals surface area contributed by atoms with Crippen molar-refractivity contribution in [2.45, 2.75) is 6.61 Å². The lowest BCUT2D eigenvalue weighted by Crippen LogP contribution is -2.03. The standard InChI is InChI=1S/C13H9BrFNO3/c14-9-4-10(6-16-5-9)19-7-8-1-2-11(13(17)18)12(15)3-8/h1-6H,7H2,(H,17,18). The van der Waals surface area contributed by atoms with E-state index in [0.29, 0.717) is 11.3 Å². The molecule has 0 aliphatic heterocycles. The molecule has 1 N–H and O–H groups in total. The van der Waals surface area contributed by atoms with Gasteiger partial charge in [-0.2, -0.15) is 0 Å². The molecule has 2 rings (SSSR count). The fraction of sp³-hybridized carbons (Fsp3) is 0.0769. The number of ether oxygens (including phenoxy) is 1. The van der Waals surface area contributed by atoms with Gasteiger partial charge in [0.1, 0.15) is 18.2 Å². The summed E-state index contributed by atoms with van der Waals surface area (Å²) in [4.78, 5) is 14.6. The minimum atomic E-state index is -1.29. The van der Waals surface area contributed by atoms with Crippen LogP contribution in [0.2, 0.25) is 0 Å². The highest BCUT2D eigenvalue weighted by molar-refractivity contribution is 9.10. The van der Waals surface area contributed by atoms with Crippen LogP contribution in [0, 0.1) is 5.82 Å². The predicted octanol–water partition coefficient (Wildman–Crippen LogP) is 3.26. The van der Waals surface area contributed by atoms with Crippen molar-refractivity contribution in [1.82, 2.24) is 4.98 Å². The fourth-order valence-electron chi connectivity index (χ4n) is 1.46. The normalized spacial score (nSPS) is 10.2. The summed E-state index contributed by atoms with van der Waals surface area (Å²) in [6.07, 6.45) is 3.15. The van der Waals surface area contributed by atoms with Gasteiger partial charge in [-0.05, 0) is 39.7 Å². The lowest BCUT2D eigenvalue weighted by molar-refractivity contribution is 0.0692. The molecule has 19 heavy (non-hydrogen) atoms. The Morgan fingerprint density at radius 3 is 2.79 bits per heavy atom. The van der Waals surface area contributed by atoms with Crippen LogP contribution in [0.3, 0.4) is 0 Å². The van der Waals surface area contributed by atoms with E-state index in [1.807, 2.05) is 0 Å². The van der Waals surface area contributed by atoms with Gasteiger partial charge in [-0.25, -0.2) is 9.18 Å². The van der Waals surface area contributed by atoms with Gasteiger partial charge in [0.15, 0.2) is 0 Å². The summed E-state index contributed by atoms with van der Waals surface area (Å²) in [6, 6.07) is 5.61. The number of pyridine rings is 1. The van der Waals surface area contributed by atoms with Crippen LogP contribution in [0.15, 0.2) is 41.1 Å². The molecule has 0 radical (unpaired) electrons. The highest BCUT2D eigenvalue weighted by Crippen LogP contribution is 2.18. The zero-order valence-corrected chi connectivity index (χ0v) is 11.2. The average Bonchev–Trinajstić information content (AvgIpc) is 2.36. The number of carboxylic acid groups (broad SMARTS) is 1. The third kappa shape index (κ3) is 3.51. The Labute approximate surface area is 117 Å². The molecule has 0 saturated carbocycles. The lowest BCUT2D eigenvalue weighted by atomic mass is 10.1. The SMILES string of the molecule is O=C(O)c1ccc(COc2cncc(Br)c2)cc1F. The Morgan fingerprint density at radius 2 is 2.16 bits per heavy atom. The highest BCUT2D eigenvalue weighted by Gasteiger charge is 2.10. The maximum Gasteiger partial charge on any atom is 0.338 e. The summed E-state index contributed by atoms with van der Waals surface area (Å²) in [6.45, 7) is 0.134. The van der Waals surface area contributed by atoms with Crippen LogP contribution in [0.4, 0.5) is 4.39 Å². The molecule has 0 fully saturated rings. The molecule has 0 aliphatic carbocycles. The molecular formula is C13H9BrFNO3. The molecule has 0 bridgehead atoms. The van der Waals surface area contributed by atoms with Gasteiger partial charge in [-0.3, -0.25) is 4.98 Å². The van der Waals surface area contributed by atoms with E-state index in [0.717, 1.165) is 10.5 Å². The van der Waals surface area contributed by atoms with Crippen molar-refractivity contribution >= 4 is 21.9 Å². The summed E-state index contributed by atoms with van der Waals surface area (Å²) in [7, 11) is 0. The van der Waals surface area contributed by atoms with Crippen molar-refractivity contribution in [1.29, 1.82) is 0 Å². The first-order chi connectivity index (χ1) is 9.06. The van der Waals surface area contributed by atoms with Gasteiger partial charge in [0, 0.05) is 10.7 Å². The summed E-state index contributed by atoms with van der Waals surface area (Å²) in [5.74, 6) is -1.53. The maximum atomic E-state index is 13.4. The Morgan fingerprint density at radius 1 is 1.37 bits per heavy atom. The van der Waals surface area contributed by atoms with Crippen LogP contribution >= 0.6 is 15.9 Å². The number of benzene rings is 1. The van der Waals surface area contributed by atoms with Crippen molar-refractivity contribution in [3.05, 3.63) is 58.1 Å². The van der Waals surface area contributed by atoms with Crippen molar-refractivity contribution in [2.75, 3.05) is 0 Å². The molecule has 0 spiro atoms. The minimum Gasteiger partial charge on any atom is -0.487 e. The van der Waals surface area contributed by atoms with E-state index in [4.69, 9.17) is 9.84 Å². The van der Waals surface area contributed by atoms with Gasteiger partial charge < -0.3 is 9.84 Å². The van der Waals surface area contributed by atoms with Gasteiger partial charge in [0.2, 0.25) is 0 Å². The summed E-state index contributed by atoms with van der Waals surface area (Å²) >= 11 is 3.26. The number of halogens is 2. The van der Waals surface area contributed by atoms with Crippen molar-refractivity contribution in [2.24, 2.45) is 0 Å². The topological polar surface area (TPSA) is 59.4 Å². The quantitative estimate of drug-likeness (QED) is 0.937. The van der Waals surface area contributed by atoms with Gasteiger partial charge >= 0.3 is 5.97 Å². The summed E-state index contributed by atoms with van der Waals surface area (Å²) in [5.41, 5.74) is 0.190. The number of aromatic carboxylic acids is 1. The van der Waals surface area contributed by atoms with Crippen molar-refractivity contribution in [3.8, 4) is 5.75 Å². The van der Waals surface area contributed by atoms with Crippen LogP contribution in [-0.2, 0) is 6.61 Å². The second-order valence-electron chi connectivity index (χ2n) is 3.75. The van der Waals surface area contributed by atoms with Crippen molar-refractivity contribution in [3.63, 3.8) is 0 Å². The molecule has 0 aliphatic rings. The monoisotopic (exact) mass is 325 g/mol. The van der Waals surface area contributed by atoms with Gasteiger partial charge in [-0.15, -0.1) is 0 Å². The molecule has 0 saturated heterocycles. The molecule has 1 aromatic heterocycles. The number of carbonyl (C=O) groups is 1. The third-order valence-electron chi connectivity index (χ3n) is 2.35. The predicted molar refractivity (Wildman–Crippen MR) is 69.6 cm³/mol. The number of rotatable bonds is 4. The zero-order valence-electron chi connectivity index (χ0n) is 9.64. The van der Waals surface area contributed by atoms with E-state index in [-0.39, 0.29) is 12.2 Å². The van der Waals surface area contributed by atoms with Crippen LogP contribution in [0.1, 0.15) is 15.9 Å². The molecule has 2 aromatic rings. The Balaban J connectivity index is 2.08. The second kappa shape index (κ2) is 5.79. The van der Waals surface area contributed by atoms with Crippen LogP contribution < -0.4 is 4.74 Å². The molecule has 0 amide bonds. The Hall–Kier alpha value is -1.95. The van der Waals surface area contributed by atoms with E-state index >= 15 is 0 Å². The smallest absolute Gasteiger partial charge is 0.338 e. The number of hydrogen-bond acceptors (Lipinski definition) is 3. The van der Waals surface area contributed by atoms with E-state index in [1.54, 1.807) is 12.3 Å². The van der Waals surface area contributed by atoms with Crippen LogP contribution in [-0.4, -0.2) is 16.1 Å². The van der Waals surface area contributed by atoms with E-state index in [2.05, 4.69) is 20.9 Å². The van der Waals surface area contributed by atoms with Gasteiger partial charge in [-0.1, -0.05) is 6.07 Å². The molecule has 1 heterocycles. The number of hydrogen-bond donors (Lipinski definition) is 1. The fourth-order valence-corrected chi connectivity index (χ4v) is 1.80.